The van der Waals surface area contributed by atoms with E-state index < -0.39 is 6.10 Å². The molecule has 19 heavy (non-hydrogen) atoms. The summed E-state index contributed by atoms with van der Waals surface area (Å²) >= 11 is 0. The van der Waals surface area contributed by atoms with Crippen molar-refractivity contribution in [2.24, 2.45) is 5.92 Å². The Bertz CT molecular complexity index is 438. The summed E-state index contributed by atoms with van der Waals surface area (Å²) in [5.41, 5.74) is 0.896. The number of rotatable bonds is 2. The minimum absolute atomic E-state index is 0.162. The molecule has 3 heteroatoms. The maximum atomic E-state index is 10.3. The Morgan fingerprint density at radius 2 is 2.00 bits per heavy atom. The van der Waals surface area contributed by atoms with Crippen LogP contribution in [0.1, 0.15) is 50.2 Å². The van der Waals surface area contributed by atoms with Gasteiger partial charge in [-0.1, -0.05) is 19.3 Å². The van der Waals surface area contributed by atoms with E-state index in [4.69, 9.17) is 9.47 Å². The van der Waals surface area contributed by atoms with Gasteiger partial charge in [0, 0.05) is 18.1 Å². The smallest absolute Gasteiger partial charge is 0.129 e. The van der Waals surface area contributed by atoms with E-state index in [1.807, 2.05) is 18.2 Å². The second-order valence-electron chi connectivity index (χ2n) is 5.71. The van der Waals surface area contributed by atoms with Gasteiger partial charge in [-0.2, -0.15) is 0 Å². The van der Waals surface area contributed by atoms with Crippen LogP contribution in [0.15, 0.2) is 18.2 Å². The fourth-order valence-corrected chi connectivity index (χ4v) is 3.37. The van der Waals surface area contributed by atoms with Crippen LogP contribution in [0.2, 0.25) is 0 Å². The van der Waals surface area contributed by atoms with Gasteiger partial charge in [-0.05, 0) is 30.9 Å². The highest BCUT2D eigenvalue weighted by Crippen LogP contribution is 2.41. The number of ether oxygens (including phenoxy) is 2. The second-order valence-corrected chi connectivity index (χ2v) is 5.71. The van der Waals surface area contributed by atoms with Crippen LogP contribution in [-0.2, 0) is 0 Å². The molecule has 2 atom stereocenters. The van der Waals surface area contributed by atoms with Crippen molar-refractivity contribution in [2.75, 3.05) is 7.11 Å². The molecule has 0 aromatic heterocycles. The van der Waals surface area contributed by atoms with Crippen molar-refractivity contribution in [1.82, 2.24) is 0 Å². The van der Waals surface area contributed by atoms with Gasteiger partial charge in [0.2, 0.25) is 0 Å². The first-order valence-electron chi connectivity index (χ1n) is 7.30. The van der Waals surface area contributed by atoms with Crippen LogP contribution in [0, 0.1) is 5.92 Å². The van der Waals surface area contributed by atoms with Crippen LogP contribution in [0.4, 0.5) is 0 Å². The zero-order chi connectivity index (χ0) is 13.2. The van der Waals surface area contributed by atoms with Gasteiger partial charge in [0.15, 0.2) is 0 Å². The van der Waals surface area contributed by atoms with Gasteiger partial charge < -0.3 is 14.6 Å². The van der Waals surface area contributed by atoms with Gasteiger partial charge in [0.05, 0.1) is 13.2 Å². The summed E-state index contributed by atoms with van der Waals surface area (Å²) in [6.07, 6.45) is 6.89. The molecule has 2 aliphatic rings. The average molecular weight is 262 g/mol. The van der Waals surface area contributed by atoms with E-state index in [0.29, 0.717) is 5.92 Å². The standard InChI is InChI=1S/C16H22O3/c1-18-12-7-8-13-14(17)10-15(19-16(13)9-12)11-5-3-2-4-6-11/h7-9,11,14-15,17H,2-6,10H2,1H3. The van der Waals surface area contributed by atoms with Gasteiger partial charge in [-0.15, -0.1) is 0 Å². The molecule has 0 bridgehead atoms. The largest absolute Gasteiger partial charge is 0.497 e. The first kappa shape index (κ1) is 12.8. The number of benzene rings is 1. The molecule has 3 rings (SSSR count). The van der Waals surface area contributed by atoms with Crippen molar-refractivity contribution in [2.45, 2.75) is 50.7 Å². The Hall–Kier alpha value is -1.22. The fourth-order valence-electron chi connectivity index (χ4n) is 3.37. The molecule has 0 spiro atoms. The first-order valence-corrected chi connectivity index (χ1v) is 7.30. The maximum absolute atomic E-state index is 10.3. The van der Waals surface area contributed by atoms with E-state index in [1.54, 1.807) is 7.11 Å². The van der Waals surface area contributed by atoms with Crippen LogP contribution < -0.4 is 9.47 Å². The maximum Gasteiger partial charge on any atom is 0.129 e. The molecule has 2 unspecified atom stereocenters. The summed E-state index contributed by atoms with van der Waals surface area (Å²) in [5, 5.41) is 10.3. The molecular weight excluding hydrogens is 240 g/mol. The molecule has 3 nitrogen and oxygen atoms in total. The molecule has 104 valence electrons. The lowest BCUT2D eigenvalue weighted by atomic mass is 9.81. The summed E-state index contributed by atoms with van der Waals surface area (Å²) in [6.45, 7) is 0. The van der Waals surface area contributed by atoms with E-state index in [1.165, 1.54) is 32.1 Å². The third-order valence-corrected chi connectivity index (χ3v) is 4.49. The molecule has 1 aliphatic carbocycles. The molecule has 1 fully saturated rings. The number of aliphatic hydroxyl groups is 1. The quantitative estimate of drug-likeness (QED) is 0.887. The monoisotopic (exact) mass is 262 g/mol. The predicted molar refractivity (Wildman–Crippen MR) is 73.6 cm³/mol. The predicted octanol–water partition coefficient (Wildman–Crippen LogP) is 3.46. The van der Waals surface area contributed by atoms with Gasteiger partial charge in [-0.3, -0.25) is 0 Å². The van der Waals surface area contributed by atoms with Crippen molar-refractivity contribution in [3.05, 3.63) is 23.8 Å². The minimum atomic E-state index is -0.401. The second kappa shape index (κ2) is 5.41. The highest BCUT2D eigenvalue weighted by molar-refractivity contribution is 5.43. The van der Waals surface area contributed by atoms with Gasteiger partial charge in [0.25, 0.3) is 0 Å². The molecule has 1 saturated carbocycles. The topological polar surface area (TPSA) is 38.7 Å². The summed E-state index contributed by atoms with van der Waals surface area (Å²) in [5.74, 6) is 2.19. The molecule has 1 aromatic carbocycles. The lowest BCUT2D eigenvalue weighted by Gasteiger charge is -2.36. The molecule has 0 saturated heterocycles. The number of hydrogen-bond acceptors (Lipinski definition) is 3. The van der Waals surface area contributed by atoms with E-state index >= 15 is 0 Å². The molecular formula is C16H22O3. The summed E-state index contributed by atoms with van der Waals surface area (Å²) in [7, 11) is 1.65. The lowest BCUT2D eigenvalue weighted by molar-refractivity contribution is 0.0232. The van der Waals surface area contributed by atoms with Crippen LogP contribution in [0.3, 0.4) is 0 Å². The molecule has 1 aliphatic heterocycles. The number of hydrogen-bond donors (Lipinski definition) is 1. The third kappa shape index (κ3) is 2.57. The van der Waals surface area contributed by atoms with Gasteiger partial charge in [0.1, 0.15) is 17.6 Å². The van der Waals surface area contributed by atoms with E-state index in [2.05, 4.69) is 0 Å². The van der Waals surface area contributed by atoms with E-state index in [-0.39, 0.29) is 6.10 Å². The van der Waals surface area contributed by atoms with Crippen molar-refractivity contribution in [1.29, 1.82) is 0 Å². The molecule has 0 radical (unpaired) electrons. The van der Waals surface area contributed by atoms with Crippen molar-refractivity contribution < 1.29 is 14.6 Å². The highest BCUT2D eigenvalue weighted by Gasteiger charge is 2.33. The van der Waals surface area contributed by atoms with Gasteiger partial charge >= 0.3 is 0 Å². The Morgan fingerprint density at radius 3 is 2.74 bits per heavy atom. The minimum Gasteiger partial charge on any atom is -0.497 e. The SMILES string of the molecule is COc1ccc2c(c1)OC(C1CCCCC1)CC2O. The first-order chi connectivity index (χ1) is 9.28. The molecule has 0 amide bonds. The van der Waals surface area contributed by atoms with Crippen molar-refractivity contribution in [3.63, 3.8) is 0 Å². The Balaban J connectivity index is 1.81. The zero-order valence-corrected chi connectivity index (χ0v) is 11.5. The Morgan fingerprint density at radius 1 is 1.21 bits per heavy atom. The Kier molecular flexibility index (Phi) is 3.65. The van der Waals surface area contributed by atoms with E-state index in [0.717, 1.165) is 23.5 Å². The van der Waals surface area contributed by atoms with Crippen molar-refractivity contribution in [3.8, 4) is 11.5 Å². The molecule has 1 heterocycles. The zero-order valence-electron chi connectivity index (χ0n) is 11.5. The lowest BCUT2D eigenvalue weighted by Crippen LogP contribution is -2.34. The summed E-state index contributed by atoms with van der Waals surface area (Å²) in [6, 6.07) is 5.69. The number of methoxy groups -OCH3 is 1. The van der Waals surface area contributed by atoms with Crippen LogP contribution >= 0.6 is 0 Å². The fraction of sp³-hybridized carbons (Fsp3) is 0.625. The van der Waals surface area contributed by atoms with E-state index in [9.17, 15) is 5.11 Å². The summed E-state index contributed by atoms with van der Waals surface area (Å²) in [4.78, 5) is 0. The van der Waals surface area contributed by atoms with Crippen molar-refractivity contribution >= 4 is 0 Å². The van der Waals surface area contributed by atoms with Crippen LogP contribution in [0.25, 0.3) is 0 Å². The number of aliphatic hydroxyl groups excluding tert-OH is 1. The average Bonchev–Trinajstić information content (AvgIpc) is 2.47. The van der Waals surface area contributed by atoms with Gasteiger partial charge in [-0.25, -0.2) is 0 Å². The number of fused-ring (bicyclic) bond motifs is 1. The Labute approximate surface area is 114 Å². The van der Waals surface area contributed by atoms with Crippen LogP contribution in [0.5, 0.6) is 11.5 Å². The molecule has 1 N–H and O–H groups in total. The highest BCUT2D eigenvalue weighted by atomic mass is 16.5. The third-order valence-electron chi connectivity index (χ3n) is 4.49. The normalized spacial score (nSPS) is 27.5. The van der Waals surface area contributed by atoms with Crippen LogP contribution in [-0.4, -0.2) is 18.3 Å². The molecule has 1 aromatic rings. The summed E-state index contributed by atoms with van der Waals surface area (Å²) < 4.78 is 11.4.